The molecule has 258 valence electrons. The number of benzene rings is 3. The molecule has 3 aromatic carbocycles. The van der Waals surface area contributed by atoms with Crippen LogP contribution in [0.25, 0.3) is 11.1 Å². The molecule has 4 aromatic rings. The molecule has 0 atom stereocenters. The third-order valence-electron chi connectivity index (χ3n) is 9.29. The van der Waals surface area contributed by atoms with Crippen LogP contribution in [0, 0.1) is 20.8 Å². The van der Waals surface area contributed by atoms with Gasteiger partial charge in [-0.3, -0.25) is 14.4 Å². The van der Waals surface area contributed by atoms with Crippen molar-refractivity contribution in [2.24, 2.45) is 0 Å². The van der Waals surface area contributed by atoms with Gasteiger partial charge in [-0.25, -0.2) is 0 Å². The van der Waals surface area contributed by atoms with Crippen molar-refractivity contribution in [1.82, 2.24) is 10.3 Å². The fraction of sp³-hybridized carbons (Fsp3) is 0.359. The Bertz CT molecular complexity index is 1930. The van der Waals surface area contributed by atoms with Crippen molar-refractivity contribution in [1.29, 1.82) is 0 Å². The lowest BCUT2D eigenvalue weighted by Crippen LogP contribution is -2.40. The number of carbonyl (C=O) groups excluding carboxylic acids is 2. The molecule has 1 aromatic heterocycles. The summed E-state index contributed by atoms with van der Waals surface area (Å²) >= 11 is 0. The first-order valence-corrected chi connectivity index (χ1v) is 16.8. The van der Waals surface area contributed by atoms with Crippen LogP contribution in [0.2, 0.25) is 0 Å². The van der Waals surface area contributed by atoms with Crippen LogP contribution in [0.15, 0.2) is 59.4 Å². The van der Waals surface area contributed by atoms with Gasteiger partial charge in [0, 0.05) is 66.6 Å². The monoisotopic (exact) mass is 666 g/mol. The maximum atomic E-state index is 13.9. The smallest absolute Gasteiger partial charge is 0.259 e. The topological polar surface area (TPSA) is 144 Å². The number of carbonyl (C=O) groups is 2. The molecule has 5 rings (SSSR count). The highest BCUT2D eigenvalue weighted by Gasteiger charge is 2.25. The summed E-state index contributed by atoms with van der Waals surface area (Å²) in [5.41, 5.74) is 6.79. The Balaban J connectivity index is 1.51. The molecular formula is C39H46N4O6. The number of rotatable bonds is 10. The number of pyridine rings is 1. The maximum Gasteiger partial charge on any atom is 0.259 e. The molecule has 5 N–H and O–H groups in total. The molecule has 1 aliphatic heterocycles. The Hall–Kier alpha value is -5.09. The highest BCUT2D eigenvalue weighted by molar-refractivity contribution is 6.07. The average molecular weight is 667 g/mol. The van der Waals surface area contributed by atoms with Crippen LogP contribution >= 0.6 is 0 Å². The Morgan fingerprint density at radius 2 is 1.67 bits per heavy atom. The molecule has 2 amide bonds. The van der Waals surface area contributed by atoms with Crippen molar-refractivity contribution in [2.75, 3.05) is 30.0 Å². The second kappa shape index (κ2) is 15.0. The van der Waals surface area contributed by atoms with E-state index in [0.717, 1.165) is 53.0 Å². The molecule has 0 aliphatic carbocycles. The first kappa shape index (κ1) is 35.2. The molecule has 0 radical (unpaired) electrons. The number of aryl methyl sites for hydroxylation is 2. The van der Waals surface area contributed by atoms with Gasteiger partial charge in [-0.05, 0) is 111 Å². The largest absolute Gasteiger partial charge is 0.508 e. The molecular weight excluding hydrogens is 620 g/mol. The van der Waals surface area contributed by atoms with Gasteiger partial charge in [0.15, 0.2) is 0 Å². The van der Waals surface area contributed by atoms with Gasteiger partial charge in [0.2, 0.25) is 0 Å². The normalized spacial score (nSPS) is 13.4. The second-order valence-electron chi connectivity index (χ2n) is 13.0. The number of phenolic OH excluding ortho intramolecular Hbond substituents is 2. The fourth-order valence-electron chi connectivity index (χ4n) is 6.60. The molecule has 1 saturated heterocycles. The number of H-pyrrole nitrogens is 1. The predicted molar refractivity (Wildman–Crippen MR) is 193 cm³/mol. The molecule has 0 bridgehead atoms. The van der Waals surface area contributed by atoms with E-state index < -0.39 is 5.91 Å². The number of nitrogens with one attached hydrogen (secondary N) is 3. The molecule has 0 spiro atoms. The number of hydrogen-bond donors (Lipinski definition) is 5. The van der Waals surface area contributed by atoms with Crippen molar-refractivity contribution >= 4 is 23.2 Å². The number of amides is 2. The van der Waals surface area contributed by atoms with E-state index in [4.69, 9.17) is 4.74 Å². The third-order valence-corrected chi connectivity index (χ3v) is 9.29. The minimum absolute atomic E-state index is 0.0527. The van der Waals surface area contributed by atoms with Gasteiger partial charge in [0.1, 0.15) is 11.5 Å². The Labute approximate surface area is 287 Å². The molecule has 0 unspecified atom stereocenters. The SMILES string of the molecule is CCN(c1cc(-c2cccc(NC(=O)c3cc(C(C)C)c(O)cc3O)c2)cc(C(=O)NCc2c(C)cc(C)[nH]c2=O)c1C)C1CCOCC1. The van der Waals surface area contributed by atoms with Crippen molar-refractivity contribution in [2.45, 2.75) is 72.9 Å². The molecule has 0 saturated carbocycles. The highest BCUT2D eigenvalue weighted by Crippen LogP contribution is 2.36. The number of ether oxygens (including phenoxy) is 1. The van der Waals surface area contributed by atoms with Crippen molar-refractivity contribution < 1.29 is 24.5 Å². The zero-order valence-corrected chi connectivity index (χ0v) is 29.1. The summed E-state index contributed by atoms with van der Waals surface area (Å²) in [7, 11) is 0. The first-order chi connectivity index (χ1) is 23.4. The van der Waals surface area contributed by atoms with Crippen LogP contribution in [0.3, 0.4) is 0 Å². The van der Waals surface area contributed by atoms with Crippen LogP contribution < -0.4 is 21.1 Å². The highest BCUT2D eigenvalue weighted by atomic mass is 16.5. The third kappa shape index (κ3) is 7.81. The van der Waals surface area contributed by atoms with E-state index >= 15 is 0 Å². The van der Waals surface area contributed by atoms with Crippen LogP contribution in [0.1, 0.15) is 88.2 Å². The molecule has 1 fully saturated rings. The van der Waals surface area contributed by atoms with Crippen molar-refractivity contribution in [3.05, 3.63) is 104 Å². The number of hydrogen-bond acceptors (Lipinski definition) is 7. The minimum atomic E-state index is -0.515. The number of aromatic amines is 1. The first-order valence-electron chi connectivity index (χ1n) is 16.8. The van der Waals surface area contributed by atoms with Gasteiger partial charge < -0.3 is 35.5 Å². The summed E-state index contributed by atoms with van der Waals surface area (Å²) in [6.45, 7) is 13.7. The summed E-state index contributed by atoms with van der Waals surface area (Å²) in [5.74, 6) is -1.24. The summed E-state index contributed by atoms with van der Waals surface area (Å²) in [6, 6.07) is 16.1. The van der Waals surface area contributed by atoms with Crippen LogP contribution in [0.5, 0.6) is 11.5 Å². The van der Waals surface area contributed by atoms with Gasteiger partial charge >= 0.3 is 0 Å². The van der Waals surface area contributed by atoms with Crippen LogP contribution in [0.4, 0.5) is 11.4 Å². The number of phenols is 2. The maximum absolute atomic E-state index is 13.9. The number of anilines is 2. The van der Waals surface area contributed by atoms with E-state index in [2.05, 4.69) is 33.5 Å². The van der Waals surface area contributed by atoms with Gasteiger partial charge in [0.05, 0.1) is 5.56 Å². The van der Waals surface area contributed by atoms with Gasteiger partial charge in [0.25, 0.3) is 17.4 Å². The van der Waals surface area contributed by atoms with E-state index in [1.54, 1.807) is 6.07 Å². The quantitative estimate of drug-likeness (QED) is 0.127. The zero-order valence-electron chi connectivity index (χ0n) is 29.1. The van der Waals surface area contributed by atoms with Crippen LogP contribution in [-0.2, 0) is 11.3 Å². The Kier molecular flexibility index (Phi) is 10.8. The number of aromatic nitrogens is 1. The van der Waals surface area contributed by atoms with Crippen molar-refractivity contribution in [3.8, 4) is 22.6 Å². The van der Waals surface area contributed by atoms with E-state index in [1.165, 1.54) is 12.1 Å². The fourth-order valence-corrected chi connectivity index (χ4v) is 6.60. The lowest BCUT2D eigenvalue weighted by molar-refractivity contribution is 0.0845. The summed E-state index contributed by atoms with van der Waals surface area (Å²) in [6.07, 6.45) is 1.75. The number of nitrogens with zero attached hydrogens (tertiary/aromatic N) is 1. The predicted octanol–water partition coefficient (Wildman–Crippen LogP) is 6.69. The standard InChI is InChI=1S/C39H46N4O6/c1-7-43(29-11-13-49-14-12-29)34-18-27(17-31(25(34)6)37(46)40-21-33-23(4)15-24(5)41-39(33)48)26-9-8-10-28(16-26)42-38(47)32-19-30(22(2)3)35(44)20-36(32)45/h8-10,15-20,22,29,44-45H,7,11-14,21H2,1-6H3,(H,40,46)(H,41,48)(H,42,47). The molecule has 10 heteroatoms. The van der Waals surface area contributed by atoms with E-state index in [-0.39, 0.29) is 47.0 Å². The minimum Gasteiger partial charge on any atom is -0.508 e. The molecule has 2 heterocycles. The Morgan fingerprint density at radius 1 is 0.939 bits per heavy atom. The van der Waals surface area contributed by atoms with Gasteiger partial charge in [-0.1, -0.05) is 26.0 Å². The number of aromatic hydroxyl groups is 2. The van der Waals surface area contributed by atoms with E-state index in [0.29, 0.717) is 35.6 Å². The van der Waals surface area contributed by atoms with Gasteiger partial charge in [-0.15, -0.1) is 0 Å². The molecule has 49 heavy (non-hydrogen) atoms. The van der Waals surface area contributed by atoms with Gasteiger partial charge in [-0.2, -0.15) is 0 Å². The molecule has 1 aliphatic rings. The van der Waals surface area contributed by atoms with E-state index in [9.17, 15) is 24.6 Å². The Morgan fingerprint density at radius 3 is 2.35 bits per heavy atom. The average Bonchev–Trinajstić information content (AvgIpc) is 3.05. The summed E-state index contributed by atoms with van der Waals surface area (Å²) < 4.78 is 5.64. The lowest BCUT2D eigenvalue weighted by atomic mass is 9.95. The molecule has 10 nitrogen and oxygen atoms in total. The van der Waals surface area contributed by atoms with Crippen molar-refractivity contribution in [3.63, 3.8) is 0 Å². The second-order valence-corrected chi connectivity index (χ2v) is 13.0. The lowest BCUT2D eigenvalue weighted by Gasteiger charge is -2.37. The van der Waals surface area contributed by atoms with E-state index in [1.807, 2.05) is 65.0 Å². The zero-order chi connectivity index (χ0) is 35.4. The van der Waals surface area contributed by atoms with Crippen LogP contribution in [-0.4, -0.2) is 52.8 Å². The summed E-state index contributed by atoms with van der Waals surface area (Å²) in [5, 5.41) is 26.6. The summed E-state index contributed by atoms with van der Waals surface area (Å²) in [4.78, 5) is 45.0.